The van der Waals surface area contributed by atoms with E-state index < -0.39 is 0 Å². The quantitative estimate of drug-likeness (QED) is 0.901. The predicted octanol–water partition coefficient (Wildman–Crippen LogP) is 3.72. The fraction of sp³-hybridized carbons (Fsp3) is 0.0833. The fourth-order valence-corrected chi connectivity index (χ4v) is 1.86. The zero-order valence-electron chi connectivity index (χ0n) is 9.58. The number of rotatable bonds is 3. The van der Waals surface area contributed by atoms with E-state index in [-0.39, 0.29) is 0 Å². The van der Waals surface area contributed by atoms with Crippen LogP contribution in [0.5, 0.6) is 5.75 Å². The maximum atomic E-state index is 6.02. The highest BCUT2D eigenvalue weighted by Crippen LogP contribution is 2.30. The van der Waals surface area contributed by atoms with Gasteiger partial charge in [0.25, 0.3) is 0 Å². The lowest BCUT2D eigenvalue weighted by Crippen LogP contribution is -1.99. The zero-order chi connectivity index (χ0) is 13.1. The molecule has 18 heavy (non-hydrogen) atoms. The van der Waals surface area contributed by atoms with Gasteiger partial charge >= 0.3 is 0 Å². The van der Waals surface area contributed by atoms with Crippen LogP contribution in [0.3, 0.4) is 0 Å². The molecule has 0 saturated heterocycles. The number of halogens is 2. The molecule has 4 nitrogen and oxygen atoms in total. The minimum Gasteiger partial charge on any atom is -0.495 e. The average molecular weight is 284 g/mol. The molecule has 2 aromatic rings. The van der Waals surface area contributed by atoms with Crippen molar-refractivity contribution in [2.75, 3.05) is 18.2 Å². The van der Waals surface area contributed by atoms with E-state index in [1.54, 1.807) is 25.3 Å². The van der Waals surface area contributed by atoms with Crippen LogP contribution in [-0.2, 0) is 0 Å². The number of nitrogens with two attached hydrogens (primary N) is 1. The number of nitrogen functional groups attached to an aromatic ring is 1. The Morgan fingerprint density at radius 3 is 2.67 bits per heavy atom. The third kappa shape index (κ3) is 2.78. The van der Waals surface area contributed by atoms with Gasteiger partial charge in [-0.1, -0.05) is 23.2 Å². The van der Waals surface area contributed by atoms with Crippen LogP contribution >= 0.6 is 23.2 Å². The van der Waals surface area contributed by atoms with Gasteiger partial charge in [0.1, 0.15) is 5.75 Å². The van der Waals surface area contributed by atoms with Crippen molar-refractivity contribution in [1.82, 2.24) is 4.98 Å². The van der Waals surface area contributed by atoms with E-state index in [0.29, 0.717) is 27.3 Å². The standard InChI is InChI=1S/C12H11Cl2N3O/c1-18-11-3-2-8(5-9(11)14)17-12-10(15)4-7(13)6-16-12/h2-6H,15H2,1H3,(H,16,17). The highest BCUT2D eigenvalue weighted by atomic mass is 35.5. The lowest BCUT2D eigenvalue weighted by Gasteiger charge is -2.10. The summed E-state index contributed by atoms with van der Waals surface area (Å²) in [5, 5.41) is 4.06. The molecule has 0 atom stereocenters. The summed E-state index contributed by atoms with van der Waals surface area (Å²) in [5.41, 5.74) is 7.03. The van der Waals surface area contributed by atoms with Crippen molar-refractivity contribution < 1.29 is 4.74 Å². The summed E-state index contributed by atoms with van der Waals surface area (Å²) < 4.78 is 5.07. The molecular formula is C12H11Cl2N3O. The van der Waals surface area contributed by atoms with E-state index in [9.17, 15) is 0 Å². The molecule has 0 unspecified atom stereocenters. The van der Waals surface area contributed by atoms with Crippen LogP contribution in [0.1, 0.15) is 0 Å². The van der Waals surface area contributed by atoms with E-state index in [1.807, 2.05) is 6.07 Å². The number of anilines is 3. The summed E-state index contributed by atoms with van der Waals surface area (Å²) in [5.74, 6) is 1.14. The Balaban J connectivity index is 2.26. The molecule has 1 aromatic carbocycles. The summed E-state index contributed by atoms with van der Waals surface area (Å²) in [4.78, 5) is 4.10. The molecule has 0 bridgehead atoms. The number of hydrogen-bond acceptors (Lipinski definition) is 4. The maximum Gasteiger partial charge on any atom is 0.153 e. The maximum absolute atomic E-state index is 6.02. The van der Waals surface area contributed by atoms with Gasteiger partial charge in [-0.15, -0.1) is 0 Å². The summed E-state index contributed by atoms with van der Waals surface area (Å²) in [6, 6.07) is 6.94. The summed E-state index contributed by atoms with van der Waals surface area (Å²) in [6.07, 6.45) is 1.52. The van der Waals surface area contributed by atoms with Crippen LogP contribution < -0.4 is 15.8 Å². The van der Waals surface area contributed by atoms with E-state index >= 15 is 0 Å². The molecule has 1 aromatic heterocycles. The molecule has 0 saturated carbocycles. The number of nitrogens with zero attached hydrogens (tertiary/aromatic N) is 1. The number of benzene rings is 1. The Morgan fingerprint density at radius 1 is 1.28 bits per heavy atom. The molecule has 1 heterocycles. The van der Waals surface area contributed by atoms with Gasteiger partial charge in [-0.3, -0.25) is 0 Å². The number of hydrogen-bond donors (Lipinski definition) is 2. The van der Waals surface area contributed by atoms with Crippen LogP contribution in [0.4, 0.5) is 17.2 Å². The fourth-order valence-electron chi connectivity index (χ4n) is 1.44. The van der Waals surface area contributed by atoms with Crippen molar-refractivity contribution in [2.45, 2.75) is 0 Å². The summed E-state index contributed by atoms with van der Waals surface area (Å²) in [6.45, 7) is 0. The third-order valence-corrected chi connectivity index (χ3v) is 2.80. The Hall–Kier alpha value is -1.65. The van der Waals surface area contributed by atoms with Gasteiger partial charge in [0, 0.05) is 11.9 Å². The second-order valence-corrected chi connectivity index (χ2v) is 4.41. The zero-order valence-corrected chi connectivity index (χ0v) is 11.1. The van der Waals surface area contributed by atoms with Gasteiger partial charge in [0.15, 0.2) is 5.82 Å². The second kappa shape index (κ2) is 5.33. The van der Waals surface area contributed by atoms with Gasteiger partial charge in [-0.2, -0.15) is 0 Å². The first-order chi connectivity index (χ1) is 8.60. The van der Waals surface area contributed by atoms with Crippen LogP contribution in [0.15, 0.2) is 30.5 Å². The Morgan fingerprint density at radius 2 is 2.06 bits per heavy atom. The molecule has 6 heteroatoms. The first kappa shape index (κ1) is 12.8. The number of methoxy groups -OCH3 is 1. The lowest BCUT2D eigenvalue weighted by atomic mass is 10.3. The van der Waals surface area contributed by atoms with Crippen LogP contribution in [-0.4, -0.2) is 12.1 Å². The average Bonchev–Trinajstić information content (AvgIpc) is 2.33. The number of ether oxygens (including phenoxy) is 1. The van der Waals surface area contributed by atoms with Crippen molar-refractivity contribution in [3.8, 4) is 5.75 Å². The highest BCUT2D eigenvalue weighted by Gasteiger charge is 2.05. The van der Waals surface area contributed by atoms with Crippen LogP contribution in [0.25, 0.3) is 0 Å². The first-order valence-corrected chi connectivity index (χ1v) is 5.87. The summed E-state index contributed by atoms with van der Waals surface area (Å²) in [7, 11) is 1.56. The summed E-state index contributed by atoms with van der Waals surface area (Å²) >= 11 is 11.8. The molecule has 0 amide bonds. The van der Waals surface area contributed by atoms with Gasteiger partial charge in [-0.25, -0.2) is 4.98 Å². The number of aromatic nitrogens is 1. The molecule has 0 fully saturated rings. The Bertz CT molecular complexity index is 575. The van der Waals surface area contributed by atoms with Crippen molar-refractivity contribution in [2.24, 2.45) is 0 Å². The molecule has 0 radical (unpaired) electrons. The van der Waals surface area contributed by atoms with Crippen LogP contribution in [0, 0.1) is 0 Å². The second-order valence-electron chi connectivity index (χ2n) is 3.57. The molecule has 0 spiro atoms. The first-order valence-electron chi connectivity index (χ1n) is 5.11. The number of nitrogens with one attached hydrogen (secondary N) is 1. The van der Waals surface area contributed by atoms with Gasteiger partial charge in [0.05, 0.1) is 22.8 Å². The van der Waals surface area contributed by atoms with Crippen LogP contribution in [0.2, 0.25) is 10.0 Å². The third-order valence-electron chi connectivity index (χ3n) is 2.30. The van der Waals surface area contributed by atoms with E-state index in [2.05, 4.69) is 10.3 Å². The monoisotopic (exact) mass is 283 g/mol. The molecule has 94 valence electrons. The van der Waals surface area contributed by atoms with E-state index in [4.69, 9.17) is 33.7 Å². The molecule has 0 aliphatic carbocycles. The van der Waals surface area contributed by atoms with Gasteiger partial charge < -0.3 is 15.8 Å². The largest absolute Gasteiger partial charge is 0.495 e. The van der Waals surface area contributed by atoms with Crippen molar-refractivity contribution in [3.05, 3.63) is 40.5 Å². The minimum atomic E-state index is 0.467. The van der Waals surface area contributed by atoms with Crippen molar-refractivity contribution in [3.63, 3.8) is 0 Å². The molecule has 0 aliphatic heterocycles. The van der Waals surface area contributed by atoms with Gasteiger partial charge in [0.2, 0.25) is 0 Å². The Kier molecular flexibility index (Phi) is 3.79. The smallest absolute Gasteiger partial charge is 0.153 e. The van der Waals surface area contributed by atoms with Crippen molar-refractivity contribution >= 4 is 40.4 Å². The molecule has 0 aliphatic rings. The minimum absolute atomic E-state index is 0.467. The van der Waals surface area contributed by atoms with E-state index in [0.717, 1.165) is 5.69 Å². The topological polar surface area (TPSA) is 60.2 Å². The Labute approximate surface area is 115 Å². The van der Waals surface area contributed by atoms with Gasteiger partial charge in [-0.05, 0) is 24.3 Å². The van der Waals surface area contributed by atoms with Crippen molar-refractivity contribution in [1.29, 1.82) is 0 Å². The predicted molar refractivity (Wildman–Crippen MR) is 74.9 cm³/mol. The number of pyridine rings is 1. The normalized spacial score (nSPS) is 10.2. The lowest BCUT2D eigenvalue weighted by molar-refractivity contribution is 0.415. The molecule has 3 N–H and O–H groups in total. The molecular weight excluding hydrogens is 273 g/mol. The molecule has 2 rings (SSSR count). The highest BCUT2D eigenvalue weighted by molar-refractivity contribution is 6.32. The SMILES string of the molecule is COc1ccc(Nc2ncc(Cl)cc2N)cc1Cl. The van der Waals surface area contributed by atoms with E-state index in [1.165, 1.54) is 6.20 Å².